The highest BCUT2D eigenvalue weighted by Gasteiger charge is 2.23. The fourth-order valence-corrected chi connectivity index (χ4v) is 7.14. The van der Waals surface area contributed by atoms with Gasteiger partial charge in [0.2, 0.25) is 5.91 Å². The Morgan fingerprint density at radius 1 is 0.500 bits per heavy atom. The molecule has 60 heavy (non-hydrogen) atoms. The molecule has 0 rings (SSSR count). The molecule has 0 aromatic rings. The molecule has 0 spiro atoms. The van der Waals surface area contributed by atoms with Crippen LogP contribution in [-0.4, -0.2) is 46.9 Å². The summed E-state index contributed by atoms with van der Waals surface area (Å²) in [6.45, 7) is 6.39. The van der Waals surface area contributed by atoms with E-state index in [2.05, 4.69) is 86.8 Å². The van der Waals surface area contributed by atoms with Crippen molar-refractivity contribution in [1.29, 1.82) is 0 Å². The number of aliphatic hydroxyl groups excluding tert-OH is 2. The zero-order valence-corrected chi connectivity index (χ0v) is 39.3. The Hall–Kier alpha value is -2.70. The van der Waals surface area contributed by atoms with E-state index in [4.69, 9.17) is 4.74 Å². The standard InChI is InChI=1S/C54H95NO5/c1-4-7-10-13-16-19-22-23-24-25-26-27-28-29-32-35-38-41-44-47-54(59)60-50(45-42-39-36-33-30-20-17-14-11-8-5-2)48-53(58)55-51(49-56)52(57)46-43-40-37-34-31-21-18-15-12-9-6-3/h16,19,23-24,26-27,29,32-33,36,42,45,50-52,56-57H,4-15,17-18,20-22,25,28,30-31,34-35,37-41,43-44,46-49H2,1-3H3,(H,55,58)/b19-16-,24-23-,27-26-,32-29-,36-33-,45-42+. The smallest absolute Gasteiger partial charge is 0.306 e. The van der Waals surface area contributed by atoms with Crippen molar-refractivity contribution < 1.29 is 24.5 Å². The molecule has 6 nitrogen and oxygen atoms in total. The van der Waals surface area contributed by atoms with Gasteiger partial charge >= 0.3 is 5.97 Å². The van der Waals surface area contributed by atoms with Gasteiger partial charge in [-0.3, -0.25) is 9.59 Å². The van der Waals surface area contributed by atoms with Gasteiger partial charge in [-0.05, 0) is 83.1 Å². The number of hydrogen-bond acceptors (Lipinski definition) is 5. The quantitative estimate of drug-likeness (QED) is 0.0323. The lowest BCUT2D eigenvalue weighted by Gasteiger charge is -2.23. The lowest BCUT2D eigenvalue weighted by molar-refractivity contribution is -0.148. The van der Waals surface area contributed by atoms with Crippen molar-refractivity contribution in [3.8, 4) is 0 Å². The van der Waals surface area contributed by atoms with Crippen molar-refractivity contribution in [2.45, 2.75) is 251 Å². The summed E-state index contributed by atoms with van der Waals surface area (Å²) >= 11 is 0. The molecular weight excluding hydrogens is 743 g/mol. The average molecular weight is 838 g/mol. The van der Waals surface area contributed by atoms with E-state index in [9.17, 15) is 19.8 Å². The lowest BCUT2D eigenvalue weighted by Crippen LogP contribution is -2.46. The summed E-state index contributed by atoms with van der Waals surface area (Å²) in [7, 11) is 0. The molecule has 6 heteroatoms. The van der Waals surface area contributed by atoms with Crippen LogP contribution in [0.2, 0.25) is 0 Å². The summed E-state index contributed by atoms with van der Waals surface area (Å²) in [4.78, 5) is 26.0. The second kappa shape index (κ2) is 47.4. The van der Waals surface area contributed by atoms with Crippen LogP contribution in [-0.2, 0) is 14.3 Å². The third-order valence-electron chi connectivity index (χ3n) is 11.0. The number of allylic oxidation sites excluding steroid dienone is 11. The number of unbranched alkanes of at least 4 members (excludes halogenated alkanes) is 22. The minimum Gasteiger partial charge on any atom is -0.458 e. The van der Waals surface area contributed by atoms with E-state index in [1.54, 1.807) is 0 Å². The Labute approximate surface area is 371 Å². The van der Waals surface area contributed by atoms with Crippen LogP contribution in [0.4, 0.5) is 0 Å². The fourth-order valence-electron chi connectivity index (χ4n) is 7.14. The molecule has 0 aromatic carbocycles. The van der Waals surface area contributed by atoms with Gasteiger partial charge in [0.1, 0.15) is 6.10 Å². The maximum absolute atomic E-state index is 13.1. The second-order valence-electron chi connectivity index (χ2n) is 16.9. The fraction of sp³-hybridized carbons (Fsp3) is 0.741. The molecular formula is C54H95NO5. The number of esters is 1. The van der Waals surface area contributed by atoms with Gasteiger partial charge in [0.15, 0.2) is 0 Å². The minimum atomic E-state index is -0.818. The van der Waals surface area contributed by atoms with Gasteiger partial charge in [-0.1, -0.05) is 210 Å². The van der Waals surface area contributed by atoms with Crippen LogP contribution in [0.5, 0.6) is 0 Å². The van der Waals surface area contributed by atoms with Crippen molar-refractivity contribution in [3.05, 3.63) is 72.9 Å². The molecule has 0 aliphatic rings. The summed E-state index contributed by atoms with van der Waals surface area (Å²) < 4.78 is 5.80. The Morgan fingerprint density at radius 3 is 1.37 bits per heavy atom. The van der Waals surface area contributed by atoms with E-state index in [1.807, 2.05) is 12.2 Å². The monoisotopic (exact) mass is 838 g/mol. The predicted octanol–water partition coefficient (Wildman–Crippen LogP) is 15.0. The maximum Gasteiger partial charge on any atom is 0.306 e. The third kappa shape index (κ3) is 42.0. The first-order valence-corrected chi connectivity index (χ1v) is 25.2. The van der Waals surface area contributed by atoms with E-state index >= 15 is 0 Å². The van der Waals surface area contributed by atoms with Crippen LogP contribution < -0.4 is 5.32 Å². The summed E-state index contributed by atoms with van der Waals surface area (Å²) in [5.74, 6) is -0.642. The minimum absolute atomic E-state index is 0.0442. The van der Waals surface area contributed by atoms with Gasteiger partial charge in [-0.2, -0.15) is 0 Å². The first-order valence-electron chi connectivity index (χ1n) is 25.2. The predicted molar refractivity (Wildman–Crippen MR) is 259 cm³/mol. The van der Waals surface area contributed by atoms with E-state index in [0.29, 0.717) is 19.3 Å². The summed E-state index contributed by atoms with van der Waals surface area (Å²) in [5, 5.41) is 23.6. The number of aliphatic hydroxyl groups is 2. The number of carbonyl (C=O) groups is 2. The van der Waals surface area contributed by atoms with E-state index in [0.717, 1.165) is 70.6 Å². The number of carbonyl (C=O) groups excluding carboxylic acids is 2. The van der Waals surface area contributed by atoms with Crippen molar-refractivity contribution in [2.75, 3.05) is 6.61 Å². The largest absolute Gasteiger partial charge is 0.458 e. The van der Waals surface area contributed by atoms with Crippen LogP contribution in [0.25, 0.3) is 0 Å². The van der Waals surface area contributed by atoms with Gasteiger partial charge in [0.25, 0.3) is 0 Å². The Morgan fingerprint density at radius 2 is 0.883 bits per heavy atom. The molecule has 0 aliphatic carbocycles. The number of hydrogen-bond donors (Lipinski definition) is 3. The highest BCUT2D eigenvalue weighted by molar-refractivity contribution is 5.78. The Kier molecular flexibility index (Phi) is 45.2. The van der Waals surface area contributed by atoms with E-state index < -0.39 is 18.2 Å². The van der Waals surface area contributed by atoms with Crippen LogP contribution in [0.1, 0.15) is 233 Å². The van der Waals surface area contributed by atoms with Crippen LogP contribution >= 0.6 is 0 Å². The van der Waals surface area contributed by atoms with Crippen LogP contribution in [0, 0.1) is 0 Å². The van der Waals surface area contributed by atoms with Crippen LogP contribution in [0.3, 0.4) is 0 Å². The van der Waals surface area contributed by atoms with E-state index in [-0.39, 0.29) is 24.9 Å². The Bertz CT molecular complexity index is 1120. The normalized spacial score (nSPS) is 13.9. The molecule has 0 saturated carbocycles. The van der Waals surface area contributed by atoms with Gasteiger partial charge in [0, 0.05) is 6.42 Å². The molecule has 0 heterocycles. The Balaban J connectivity index is 4.67. The molecule has 0 aromatic heterocycles. The number of ether oxygens (including phenoxy) is 1. The molecule has 1 amide bonds. The molecule has 0 radical (unpaired) electrons. The highest BCUT2D eigenvalue weighted by atomic mass is 16.5. The maximum atomic E-state index is 13.1. The van der Waals surface area contributed by atoms with Crippen LogP contribution in [0.15, 0.2) is 72.9 Å². The zero-order valence-electron chi connectivity index (χ0n) is 39.3. The van der Waals surface area contributed by atoms with Crippen molar-refractivity contribution in [1.82, 2.24) is 5.32 Å². The number of nitrogens with one attached hydrogen (secondary N) is 1. The summed E-state index contributed by atoms with van der Waals surface area (Å²) in [6.07, 6.45) is 59.9. The molecule has 0 fully saturated rings. The molecule has 0 aliphatic heterocycles. The first-order chi connectivity index (χ1) is 29.5. The van der Waals surface area contributed by atoms with Gasteiger partial charge in [-0.25, -0.2) is 0 Å². The van der Waals surface area contributed by atoms with Gasteiger partial charge in [0.05, 0.1) is 25.2 Å². The summed E-state index contributed by atoms with van der Waals surface area (Å²) in [5.41, 5.74) is 0. The topological polar surface area (TPSA) is 95.9 Å². The van der Waals surface area contributed by atoms with Gasteiger partial charge < -0.3 is 20.3 Å². The highest BCUT2D eigenvalue weighted by Crippen LogP contribution is 2.15. The summed E-state index contributed by atoms with van der Waals surface area (Å²) in [6, 6.07) is -0.740. The number of rotatable bonds is 44. The lowest BCUT2D eigenvalue weighted by atomic mass is 10.0. The molecule has 3 N–H and O–H groups in total. The zero-order chi connectivity index (χ0) is 43.8. The molecule has 0 bridgehead atoms. The molecule has 346 valence electrons. The van der Waals surface area contributed by atoms with Crippen molar-refractivity contribution >= 4 is 11.9 Å². The van der Waals surface area contributed by atoms with E-state index in [1.165, 1.54) is 116 Å². The average Bonchev–Trinajstić information content (AvgIpc) is 3.24. The molecule has 3 unspecified atom stereocenters. The van der Waals surface area contributed by atoms with Crippen molar-refractivity contribution in [3.63, 3.8) is 0 Å². The SMILES string of the molecule is CCCCC/C=C\C/C=C\C/C=C\C/C=C\CCCCCC(=O)OC(/C=C/C/C=C\CCCCCCCC)CC(=O)NC(CO)C(O)CCCCCCCCCCCCC. The second-order valence-corrected chi connectivity index (χ2v) is 16.9. The van der Waals surface area contributed by atoms with Gasteiger partial charge in [-0.15, -0.1) is 0 Å². The van der Waals surface area contributed by atoms with Crippen molar-refractivity contribution in [2.24, 2.45) is 0 Å². The first kappa shape index (κ1) is 57.3. The third-order valence-corrected chi connectivity index (χ3v) is 11.0. The molecule has 0 saturated heterocycles. The number of amides is 1. The molecule has 3 atom stereocenters.